The number of carbonyl (C=O) groups is 2. The van der Waals surface area contributed by atoms with Crippen LogP contribution in [0.15, 0.2) is 47.4 Å². The molecular formula is C19H15F4N3O5S2. The van der Waals surface area contributed by atoms with Crippen molar-refractivity contribution in [1.82, 2.24) is 10.3 Å². The number of nitrogens with one attached hydrogen (secondary N) is 2. The highest BCUT2D eigenvalue weighted by Crippen LogP contribution is 2.36. The van der Waals surface area contributed by atoms with Crippen LogP contribution in [0.5, 0.6) is 0 Å². The van der Waals surface area contributed by atoms with Crippen molar-refractivity contribution in [3.8, 4) is 0 Å². The van der Waals surface area contributed by atoms with Crippen LogP contribution in [0.2, 0.25) is 0 Å². The number of fused-ring (bicyclic) bond motifs is 1. The predicted octanol–water partition coefficient (Wildman–Crippen LogP) is 3.11. The normalized spacial score (nSPS) is 13.9. The molecule has 0 spiro atoms. The monoisotopic (exact) mass is 505 g/mol. The van der Waals surface area contributed by atoms with Gasteiger partial charge in [-0.05, 0) is 42.5 Å². The molecule has 0 aliphatic rings. The number of aromatic nitrogens is 1. The highest BCUT2D eigenvalue weighted by atomic mass is 32.2. The SMILES string of the molecule is COC(=O)[C@](NC(=O)c1ccc(F)cc1)(Nc1nc2ccc(S(C)(=O)=O)cc2s1)C(F)(F)F. The standard InChI is InChI=1S/C19H15F4N3O5S2/c1-31-16(28)18(19(21,22)23,25-15(27)10-3-5-11(20)6-4-10)26-17-24-13-8-7-12(33(2,29)30)9-14(13)32-17/h3-9H,1-2H3,(H,24,26)(H,25,27)/t18-/m0/s1. The van der Waals surface area contributed by atoms with Crippen molar-refractivity contribution in [3.63, 3.8) is 0 Å². The third-order valence-electron chi connectivity index (χ3n) is 4.41. The summed E-state index contributed by atoms with van der Waals surface area (Å²) < 4.78 is 83.6. The largest absolute Gasteiger partial charge is 0.466 e. The van der Waals surface area contributed by atoms with Gasteiger partial charge in [0.05, 0.1) is 22.2 Å². The summed E-state index contributed by atoms with van der Waals surface area (Å²) in [5, 5.41) is 3.03. The summed E-state index contributed by atoms with van der Waals surface area (Å²) in [6.45, 7) is 0. The van der Waals surface area contributed by atoms with E-state index in [0.717, 1.165) is 30.5 Å². The molecule has 0 aliphatic heterocycles. The molecule has 3 aromatic rings. The van der Waals surface area contributed by atoms with Crippen molar-refractivity contribution < 1.29 is 40.3 Å². The smallest absolute Gasteiger partial charge is 0.442 e. The van der Waals surface area contributed by atoms with Gasteiger partial charge in [-0.25, -0.2) is 22.6 Å². The number of nitrogens with zero attached hydrogens (tertiary/aromatic N) is 1. The van der Waals surface area contributed by atoms with E-state index in [-0.39, 0.29) is 20.7 Å². The molecule has 3 rings (SSSR count). The van der Waals surface area contributed by atoms with Gasteiger partial charge in [-0.1, -0.05) is 11.3 Å². The van der Waals surface area contributed by atoms with Crippen LogP contribution in [-0.4, -0.2) is 50.5 Å². The summed E-state index contributed by atoms with van der Waals surface area (Å²) in [4.78, 5) is 28.7. The number of methoxy groups -OCH3 is 1. The molecule has 1 heterocycles. The number of alkyl halides is 3. The van der Waals surface area contributed by atoms with Crippen molar-refractivity contribution in [2.45, 2.75) is 16.7 Å². The van der Waals surface area contributed by atoms with Crippen LogP contribution >= 0.6 is 11.3 Å². The molecule has 0 bridgehead atoms. The molecule has 1 atom stereocenters. The molecule has 1 aromatic heterocycles. The van der Waals surface area contributed by atoms with E-state index in [9.17, 15) is 35.6 Å². The Morgan fingerprint density at radius 1 is 1.09 bits per heavy atom. The Balaban J connectivity index is 2.06. The van der Waals surface area contributed by atoms with E-state index in [0.29, 0.717) is 18.4 Å². The zero-order valence-corrected chi connectivity index (χ0v) is 18.5. The number of hydrogen-bond donors (Lipinski definition) is 2. The summed E-state index contributed by atoms with van der Waals surface area (Å²) in [6, 6.07) is 7.34. The highest BCUT2D eigenvalue weighted by Gasteiger charge is 2.64. The van der Waals surface area contributed by atoms with Gasteiger partial charge in [-0.2, -0.15) is 13.2 Å². The molecule has 176 valence electrons. The van der Waals surface area contributed by atoms with Gasteiger partial charge >= 0.3 is 17.8 Å². The Bertz CT molecular complexity index is 1320. The van der Waals surface area contributed by atoms with E-state index in [1.165, 1.54) is 18.2 Å². The lowest BCUT2D eigenvalue weighted by Gasteiger charge is -2.34. The number of halogens is 4. The molecule has 33 heavy (non-hydrogen) atoms. The molecule has 0 saturated carbocycles. The third kappa shape index (κ3) is 4.90. The lowest BCUT2D eigenvalue weighted by atomic mass is 10.1. The number of carbonyl (C=O) groups excluding carboxylic acids is 2. The van der Waals surface area contributed by atoms with Crippen LogP contribution in [0, 0.1) is 5.82 Å². The predicted molar refractivity (Wildman–Crippen MR) is 111 cm³/mol. The average molecular weight is 505 g/mol. The fourth-order valence-electron chi connectivity index (χ4n) is 2.74. The molecule has 0 saturated heterocycles. The molecule has 2 aromatic carbocycles. The molecule has 1 amide bonds. The molecule has 14 heteroatoms. The second-order valence-electron chi connectivity index (χ2n) is 6.75. The van der Waals surface area contributed by atoms with Crippen LogP contribution in [0.25, 0.3) is 10.2 Å². The first-order valence-electron chi connectivity index (χ1n) is 8.89. The molecule has 2 N–H and O–H groups in total. The number of benzene rings is 2. The molecular weight excluding hydrogens is 490 g/mol. The number of esters is 1. The molecule has 0 fully saturated rings. The fraction of sp³-hybridized carbons (Fsp3) is 0.211. The zero-order valence-electron chi connectivity index (χ0n) is 16.9. The van der Waals surface area contributed by atoms with Crippen LogP contribution < -0.4 is 10.6 Å². The number of anilines is 1. The minimum absolute atomic E-state index is 0.0788. The zero-order chi connectivity index (χ0) is 24.6. The third-order valence-corrected chi connectivity index (χ3v) is 6.45. The summed E-state index contributed by atoms with van der Waals surface area (Å²) in [5.41, 5.74) is -3.95. The Labute approximate surface area is 188 Å². The minimum Gasteiger partial charge on any atom is -0.466 e. The summed E-state index contributed by atoms with van der Waals surface area (Å²) in [6.07, 6.45) is -4.45. The maximum absolute atomic E-state index is 14.2. The number of hydrogen-bond acceptors (Lipinski definition) is 8. The quantitative estimate of drug-likeness (QED) is 0.301. The van der Waals surface area contributed by atoms with Crippen LogP contribution in [-0.2, 0) is 19.4 Å². The van der Waals surface area contributed by atoms with Gasteiger partial charge < -0.3 is 15.4 Å². The van der Waals surface area contributed by atoms with E-state index < -0.39 is 44.5 Å². The minimum atomic E-state index is -5.41. The van der Waals surface area contributed by atoms with Gasteiger partial charge in [0.2, 0.25) is 0 Å². The summed E-state index contributed by atoms with van der Waals surface area (Å²) in [7, 11) is -2.89. The van der Waals surface area contributed by atoms with E-state index in [1.54, 1.807) is 5.32 Å². The van der Waals surface area contributed by atoms with Gasteiger partial charge in [0.25, 0.3) is 5.91 Å². The molecule has 0 aliphatic carbocycles. The van der Waals surface area contributed by atoms with Gasteiger partial charge in [0.1, 0.15) is 5.82 Å². The Kier molecular flexibility index (Phi) is 6.35. The number of sulfone groups is 1. The van der Waals surface area contributed by atoms with Crippen LogP contribution in [0.1, 0.15) is 10.4 Å². The van der Waals surface area contributed by atoms with Gasteiger partial charge in [-0.15, -0.1) is 0 Å². The van der Waals surface area contributed by atoms with Gasteiger partial charge in [0, 0.05) is 11.8 Å². The van der Waals surface area contributed by atoms with Gasteiger partial charge in [-0.3, -0.25) is 4.79 Å². The fourth-order valence-corrected chi connectivity index (χ4v) is 4.42. The first-order valence-corrected chi connectivity index (χ1v) is 11.6. The second-order valence-corrected chi connectivity index (χ2v) is 9.79. The Morgan fingerprint density at radius 2 is 1.73 bits per heavy atom. The van der Waals surface area contributed by atoms with E-state index in [4.69, 9.17) is 0 Å². The Hall–Kier alpha value is -3.26. The molecule has 0 unspecified atom stereocenters. The highest BCUT2D eigenvalue weighted by molar-refractivity contribution is 7.90. The number of rotatable bonds is 6. The average Bonchev–Trinajstić information content (AvgIpc) is 3.13. The van der Waals surface area contributed by atoms with E-state index in [1.807, 2.05) is 5.32 Å². The number of thiazole rings is 1. The van der Waals surface area contributed by atoms with Crippen LogP contribution in [0.4, 0.5) is 22.7 Å². The van der Waals surface area contributed by atoms with Crippen molar-refractivity contribution in [1.29, 1.82) is 0 Å². The van der Waals surface area contributed by atoms with Crippen molar-refractivity contribution >= 4 is 48.4 Å². The topological polar surface area (TPSA) is 114 Å². The van der Waals surface area contributed by atoms with Crippen molar-refractivity contribution in [2.24, 2.45) is 0 Å². The molecule has 8 nitrogen and oxygen atoms in total. The van der Waals surface area contributed by atoms with E-state index >= 15 is 0 Å². The van der Waals surface area contributed by atoms with Crippen molar-refractivity contribution in [3.05, 3.63) is 53.8 Å². The summed E-state index contributed by atoms with van der Waals surface area (Å²) in [5.74, 6) is -3.95. The first kappa shape index (κ1) is 24.4. The van der Waals surface area contributed by atoms with E-state index in [2.05, 4.69) is 9.72 Å². The van der Waals surface area contributed by atoms with Crippen LogP contribution in [0.3, 0.4) is 0 Å². The Morgan fingerprint density at radius 3 is 2.27 bits per heavy atom. The maximum atomic E-state index is 14.2. The maximum Gasteiger partial charge on any atom is 0.442 e. The van der Waals surface area contributed by atoms with Crippen molar-refractivity contribution in [2.75, 3.05) is 18.7 Å². The number of amides is 1. The van der Waals surface area contributed by atoms with Gasteiger partial charge in [0.15, 0.2) is 15.0 Å². The second kappa shape index (κ2) is 8.59. The number of ether oxygens (including phenoxy) is 1. The molecule has 0 radical (unpaired) electrons. The first-order chi connectivity index (χ1) is 15.3. The lowest BCUT2D eigenvalue weighted by molar-refractivity contribution is -0.203. The summed E-state index contributed by atoms with van der Waals surface area (Å²) >= 11 is 0.628. The lowest BCUT2D eigenvalue weighted by Crippen LogP contribution is -2.69.